The third-order valence-electron chi connectivity index (χ3n) is 7.02. The molecular formula is C32H63NO. The maximum atomic E-state index is 11.9. The Morgan fingerprint density at radius 3 is 1.26 bits per heavy atom. The van der Waals surface area contributed by atoms with Crippen LogP contribution in [0.2, 0.25) is 0 Å². The van der Waals surface area contributed by atoms with E-state index in [4.69, 9.17) is 0 Å². The molecule has 1 N–H and O–H groups in total. The number of hydrogen-bond acceptors (Lipinski definition) is 1. The van der Waals surface area contributed by atoms with Gasteiger partial charge in [-0.1, -0.05) is 154 Å². The lowest BCUT2D eigenvalue weighted by molar-refractivity contribution is -0.121. The molecule has 0 spiro atoms. The molecule has 1 amide bonds. The normalized spacial score (nSPS) is 11.5. The number of amides is 1. The lowest BCUT2D eigenvalue weighted by atomic mass is 10.1. The zero-order valence-corrected chi connectivity index (χ0v) is 23.7. The molecule has 202 valence electrons. The fraction of sp³-hybridized carbons (Fsp3) is 0.906. The molecule has 0 aromatic carbocycles. The average Bonchev–Trinajstić information content (AvgIpc) is 2.84. The van der Waals surface area contributed by atoms with Gasteiger partial charge in [-0.05, 0) is 32.1 Å². The van der Waals surface area contributed by atoms with Gasteiger partial charge in [0, 0.05) is 13.0 Å². The summed E-state index contributed by atoms with van der Waals surface area (Å²) in [7, 11) is 0. The van der Waals surface area contributed by atoms with Crippen molar-refractivity contribution in [2.75, 3.05) is 6.54 Å². The first-order valence-electron chi connectivity index (χ1n) is 15.7. The molecule has 0 aliphatic carbocycles. The average molecular weight is 478 g/mol. The highest BCUT2D eigenvalue weighted by atomic mass is 16.1. The topological polar surface area (TPSA) is 29.1 Å². The van der Waals surface area contributed by atoms with E-state index in [1.807, 2.05) is 0 Å². The van der Waals surface area contributed by atoms with Crippen molar-refractivity contribution < 1.29 is 4.79 Å². The Bertz CT molecular complexity index is 417. The number of rotatable bonds is 28. The molecular weight excluding hydrogens is 414 g/mol. The molecule has 0 heterocycles. The van der Waals surface area contributed by atoms with Crippen molar-refractivity contribution >= 4 is 5.91 Å². The number of hydrogen-bond donors (Lipinski definition) is 1. The van der Waals surface area contributed by atoms with Crippen LogP contribution >= 0.6 is 0 Å². The van der Waals surface area contributed by atoms with Gasteiger partial charge in [0.05, 0.1) is 0 Å². The first-order valence-corrected chi connectivity index (χ1v) is 15.7. The summed E-state index contributed by atoms with van der Waals surface area (Å²) < 4.78 is 0. The molecule has 0 saturated carbocycles. The molecule has 0 saturated heterocycles. The molecule has 0 unspecified atom stereocenters. The van der Waals surface area contributed by atoms with Crippen LogP contribution in [0, 0.1) is 0 Å². The van der Waals surface area contributed by atoms with E-state index < -0.39 is 0 Å². The standard InChI is InChI=1S/C32H63NO/c1-3-5-7-9-11-13-15-16-17-18-19-21-23-25-27-29-31-33-32(34)30-28-26-24-22-20-14-12-10-8-6-4-2/h23,25H,3-22,24,26-31H2,1-2H3,(H,33,34)/b25-23+. The van der Waals surface area contributed by atoms with Crippen LogP contribution in [-0.4, -0.2) is 12.5 Å². The molecule has 0 fully saturated rings. The Labute approximate surface area is 215 Å². The van der Waals surface area contributed by atoms with Crippen LogP contribution in [0.5, 0.6) is 0 Å². The molecule has 0 aromatic heterocycles. The minimum absolute atomic E-state index is 0.251. The largest absolute Gasteiger partial charge is 0.356 e. The van der Waals surface area contributed by atoms with Crippen molar-refractivity contribution in [3.8, 4) is 0 Å². The molecule has 2 heteroatoms. The van der Waals surface area contributed by atoms with Gasteiger partial charge in [-0.2, -0.15) is 0 Å². The Hall–Kier alpha value is -0.790. The van der Waals surface area contributed by atoms with Crippen molar-refractivity contribution in [2.45, 2.75) is 181 Å². The lowest BCUT2D eigenvalue weighted by Gasteiger charge is -2.05. The van der Waals surface area contributed by atoms with Crippen LogP contribution in [0.15, 0.2) is 12.2 Å². The summed E-state index contributed by atoms with van der Waals surface area (Å²) in [5.41, 5.74) is 0. The number of unbranched alkanes of at least 4 members (excludes halogenated alkanes) is 22. The van der Waals surface area contributed by atoms with Gasteiger partial charge in [0.2, 0.25) is 5.91 Å². The molecule has 0 aliphatic rings. The molecule has 0 atom stereocenters. The van der Waals surface area contributed by atoms with Gasteiger partial charge in [0.1, 0.15) is 0 Å². The summed E-state index contributed by atoms with van der Waals surface area (Å²) in [5.74, 6) is 0.251. The third-order valence-corrected chi connectivity index (χ3v) is 7.02. The summed E-state index contributed by atoms with van der Waals surface area (Å²) in [4.78, 5) is 11.9. The van der Waals surface area contributed by atoms with Crippen molar-refractivity contribution in [3.05, 3.63) is 12.2 Å². The van der Waals surface area contributed by atoms with Gasteiger partial charge in [-0.15, -0.1) is 0 Å². The van der Waals surface area contributed by atoms with E-state index in [9.17, 15) is 4.79 Å². The van der Waals surface area contributed by atoms with Crippen molar-refractivity contribution in [3.63, 3.8) is 0 Å². The summed E-state index contributed by atoms with van der Waals surface area (Å²) >= 11 is 0. The molecule has 0 aromatic rings. The van der Waals surface area contributed by atoms with E-state index in [2.05, 4.69) is 31.3 Å². The quantitative estimate of drug-likeness (QED) is 0.0880. The fourth-order valence-corrected chi connectivity index (χ4v) is 4.65. The van der Waals surface area contributed by atoms with Crippen LogP contribution < -0.4 is 5.32 Å². The second-order valence-corrected chi connectivity index (χ2v) is 10.6. The summed E-state index contributed by atoms with van der Waals surface area (Å²) in [5, 5.41) is 3.09. The zero-order valence-electron chi connectivity index (χ0n) is 23.7. The van der Waals surface area contributed by atoms with Gasteiger partial charge in [-0.3, -0.25) is 4.79 Å². The lowest BCUT2D eigenvalue weighted by Crippen LogP contribution is -2.23. The van der Waals surface area contributed by atoms with Crippen LogP contribution in [0.1, 0.15) is 181 Å². The molecule has 2 nitrogen and oxygen atoms in total. The van der Waals surface area contributed by atoms with Gasteiger partial charge in [0.25, 0.3) is 0 Å². The first-order chi connectivity index (χ1) is 16.8. The predicted octanol–water partition coefficient (Wildman–Crippen LogP) is 10.8. The van der Waals surface area contributed by atoms with Crippen LogP contribution in [0.4, 0.5) is 0 Å². The highest BCUT2D eigenvalue weighted by Crippen LogP contribution is 2.13. The Morgan fingerprint density at radius 2 is 0.824 bits per heavy atom. The number of nitrogens with one attached hydrogen (secondary N) is 1. The van der Waals surface area contributed by atoms with Gasteiger partial charge >= 0.3 is 0 Å². The van der Waals surface area contributed by atoms with E-state index in [1.54, 1.807) is 0 Å². The zero-order chi connectivity index (χ0) is 24.8. The molecule has 0 radical (unpaired) electrons. The molecule has 0 aliphatic heterocycles. The second kappa shape index (κ2) is 30.2. The van der Waals surface area contributed by atoms with E-state index in [0.29, 0.717) is 6.42 Å². The number of carbonyl (C=O) groups is 1. The van der Waals surface area contributed by atoms with Crippen LogP contribution in [0.25, 0.3) is 0 Å². The van der Waals surface area contributed by atoms with Gasteiger partial charge in [0.15, 0.2) is 0 Å². The predicted molar refractivity (Wildman–Crippen MR) is 154 cm³/mol. The van der Waals surface area contributed by atoms with Crippen molar-refractivity contribution in [1.29, 1.82) is 0 Å². The highest BCUT2D eigenvalue weighted by Gasteiger charge is 2.00. The minimum atomic E-state index is 0.251. The summed E-state index contributed by atoms with van der Waals surface area (Å²) in [6.07, 6.45) is 39.0. The van der Waals surface area contributed by atoms with E-state index in [-0.39, 0.29) is 5.91 Å². The SMILES string of the molecule is CCCCCCCCCCCCC/C=C/CCCNC(=O)CCCCCCCCCCCCC. The number of carbonyl (C=O) groups excluding carboxylic acids is 1. The van der Waals surface area contributed by atoms with Gasteiger partial charge < -0.3 is 5.32 Å². The molecule has 34 heavy (non-hydrogen) atoms. The third kappa shape index (κ3) is 29.2. The monoisotopic (exact) mass is 477 g/mol. The fourth-order valence-electron chi connectivity index (χ4n) is 4.65. The van der Waals surface area contributed by atoms with Gasteiger partial charge in [-0.25, -0.2) is 0 Å². The first kappa shape index (κ1) is 33.2. The van der Waals surface area contributed by atoms with Crippen LogP contribution in [0.3, 0.4) is 0 Å². The smallest absolute Gasteiger partial charge is 0.219 e. The molecule has 0 bridgehead atoms. The maximum absolute atomic E-state index is 11.9. The number of allylic oxidation sites excluding steroid dienone is 2. The Balaban J connectivity index is 3.21. The van der Waals surface area contributed by atoms with Crippen LogP contribution in [-0.2, 0) is 4.79 Å². The van der Waals surface area contributed by atoms with Crippen molar-refractivity contribution in [2.24, 2.45) is 0 Å². The highest BCUT2D eigenvalue weighted by molar-refractivity contribution is 5.75. The second-order valence-electron chi connectivity index (χ2n) is 10.6. The van der Waals surface area contributed by atoms with E-state index in [1.165, 1.54) is 141 Å². The summed E-state index contributed by atoms with van der Waals surface area (Å²) in [6, 6.07) is 0. The maximum Gasteiger partial charge on any atom is 0.219 e. The Morgan fingerprint density at radius 1 is 0.471 bits per heavy atom. The summed E-state index contributed by atoms with van der Waals surface area (Å²) in [6.45, 7) is 5.40. The van der Waals surface area contributed by atoms with E-state index >= 15 is 0 Å². The van der Waals surface area contributed by atoms with E-state index in [0.717, 1.165) is 25.8 Å². The molecule has 0 rings (SSSR count). The Kier molecular flexibility index (Phi) is 29.5. The van der Waals surface area contributed by atoms with Crippen molar-refractivity contribution in [1.82, 2.24) is 5.32 Å². The minimum Gasteiger partial charge on any atom is -0.356 e.